The molecule has 0 saturated carbocycles. The predicted octanol–water partition coefficient (Wildman–Crippen LogP) is 0.869. The molecule has 0 aliphatic carbocycles. The van der Waals surface area contributed by atoms with Gasteiger partial charge in [0.25, 0.3) is 0 Å². The Morgan fingerprint density at radius 2 is 2.13 bits per heavy atom. The number of hydrogen-bond acceptors (Lipinski definition) is 3. The fraction of sp³-hybridized carbons (Fsp3) is 0.909. The Balaban J connectivity index is 3.93. The van der Waals surface area contributed by atoms with Crippen LogP contribution in [0, 0.1) is 0 Å². The number of ether oxygens (including phenoxy) is 1. The highest BCUT2D eigenvalue weighted by atomic mass is 16.5. The largest absolute Gasteiger partial charge is 0.383 e. The molecule has 4 heteroatoms. The van der Waals surface area contributed by atoms with Crippen molar-refractivity contribution in [1.82, 2.24) is 10.2 Å². The van der Waals surface area contributed by atoms with E-state index in [4.69, 9.17) is 4.74 Å². The molecule has 0 aromatic heterocycles. The monoisotopic (exact) mass is 216 g/mol. The summed E-state index contributed by atoms with van der Waals surface area (Å²) in [5.74, 6) is 0.220. The van der Waals surface area contributed by atoms with Crippen molar-refractivity contribution in [2.75, 3.05) is 33.9 Å². The SMILES string of the molecule is CNCCCC(=O)N(CCOC)C(C)C. The first-order valence-electron chi connectivity index (χ1n) is 5.56. The van der Waals surface area contributed by atoms with Crippen LogP contribution in [0.25, 0.3) is 0 Å². The molecule has 0 bridgehead atoms. The van der Waals surface area contributed by atoms with Crippen LogP contribution in [0.2, 0.25) is 0 Å². The third kappa shape index (κ3) is 6.47. The van der Waals surface area contributed by atoms with Crippen LogP contribution in [0.3, 0.4) is 0 Å². The van der Waals surface area contributed by atoms with Crippen molar-refractivity contribution < 1.29 is 9.53 Å². The maximum absolute atomic E-state index is 11.8. The van der Waals surface area contributed by atoms with Crippen LogP contribution < -0.4 is 5.32 Å². The van der Waals surface area contributed by atoms with Crippen molar-refractivity contribution in [3.63, 3.8) is 0 Å². The molecule has 0 saturated heterocycles. The van der Waals surface area contributed by atoms with Gasteiger partial charge < -0.3 is 15.0 Å². The lowest BCUT2D eigenvalue weighted by Crippen LogP contribution is -2.39. The first kappa shape index (κ1) is 14.4. The molecule has 0 spiro atoms. The van der Waals surface area contributed by atoms with E-state index in [9.17, 15) is 4.79 Å². The fourth-order valence-electron chi connectivity index (χ4n) is 1.42. The Labute approximate surface area is 93.0 Å². The quantitative estimate of drug-likeness (QED) is 0.612. The zero-order valence-corrected chi connectivity index (χ0v) is 10.4. The highest BCUT2D eigenvalue weighted by Crippen LogP contribution is 2.03. The maximum atomic E-state index is 11.8. The molecular formula is C11H24N2O2. The summed E-state index contributed by atoms with van der Waals surface area (Å²) in [6, 6.07) is 0.252. The average molecular weight is 216 g/mol. The molecule has 0 aliphatic heterocycles. The molecule has 0 aromatic rings. The van der Waals surface area contributed by atoms with E-state index in [2.05, 4.69) is 5.32 Å². The summed E-state index contributed by atoms with van der Waals surface area (Å²) >= 11 is 0. The predicted molar refractivity (Wildman–Crippen MR) is 61.9 cm³/mol. The standard InChI is InChI=1S/C11H24N2O2/c1-10(2)13(8-9-15-4)11(14)6-5-7-12-3/h10,12H,5-9H2,1-4H3. The normalized spacial score (nSPS) is 10.7. The van der Waals surface area contributed by atoms with Gasteiger partial charge in [-0.3, -0.25) is 4.79 Å². The number of carbonyl (C=O) groups excluding carboxylic acids is 1. The zero-order valence-electron chi connectivity index (χ0n) is 10.4. The van der Waals surface area contributed by atoms with Gasteiger partial charge in [-0.2, -0.15) is 0 Å². The second-order valence-electron chi connectivity index (χ2n) is 3.88. The van der Waals surface area contributed by atoms with Crippen LogP contribution in [0.1, 0.15) is 26.7 Å². The number of nitrogens with zero attached hydrogens (tertiary/aromatic N) is 1. The topological polar surface area (TPSA) is 41.6 Å². The summed E-state index contributed by atoms with van der Waals surface area (Å²) in [4.78, 5) is 13.7. The summed E-state index contributed by atoms with van der Waals surface area (Å²) in [6.45, 7) is 6.25. The second-order valence-corrected chi connectivity index (χ2v) is 3.88. The van der Waals surface area contributed by atoms with Gasteiger partial charge in [0.1, 0.15) is 0 Å². The summed E-state index contributed by atoms with van der Waals surface area (Å²) in [5.41, 5.74) is 0. The first-order valence-corrected chi connectivity index (χ1v) is 5.56. The summed E-state index contributed by atoms with van der Waals surface area (Å²) < 4.78 is 4.99. The Morgan fingerprint density at radius 1 is 1.47 bits per heavy atom. The number of amides is 1. The third-order valence-electron chi connectivity index (χ3n) is 2.30. The molecular weight excluding hydrogens is 192 g/mol. The molecule has 1 amide bonds. The van der Waals surface area contributed by atoms with Crippen LogP contribution >= 0.6 is 0 Å². The van der Waals surface area contributed by atoms with E-state index in [1.54, 1.807) is 7.11 Å². The van der Waals surface area contributed by atoms with Gasteiger partial charge in [-0.1, -0.05) is 0 Å². The maximum Gasteiger partial charge on any atom is 0.222 e. The van der Waals surface area contributed by atoms with Crippen molar-refractivity contribution in [3.05, 3.63) is 0 Å². The van der Waals surface area contributed by atoms with Gasteiger partial charge in [0, 0.05) is 26.1 Å². The Kier molecular flexibility index (Phi) is 8.33. The van der Waals surface area contributed by atoms with Crippen LogP contribution in [0.15, 0.2) is 0 Å². The van der Waals surface area contributed by atoms with Crippen LogP contribution in [0.5, 0.6) is 0 Å². The zero-order chi connectivity index (χ0) is 11.7. The van der Waals surface area contributed by atoms with Crippen molar-refractivity contribution in [1.29, 1.82) is 0 Å². The summed E-state index contributed by atoms with van der Waals surface area (Å²) in [7, 11) is 3.56. The molecule has 1 N–H and O–H groups in total. The molecule has 0 rings (SSSR count). The van der Waals surface area contributed by atoms with Gasteiger partial charge in [0.2, 0.25) is 5.91 Å². The fourth-order valence-corrected chi connectivity index (χ4v) is 1.42. The van der Waals surface area contributed by atoms with Gasteiger partial charge in [-0.25, -0.2) is 0 Å². The summed E-state index contributed by atoms with van der Waals surface area (Å²) in [5, 5.41) is 3.04. The van der Waals surface area contributed by atoms with E-state index in [0.29, 0.717) is 19.6 Å². The van der Waals surface area contributed by atoms with Gasteiger partial charge in [-0.05, 0) is 33.9 Å². The summed E-state index contributed by atoms with van der Waals surface area (Å²) in [6.07, 6.45) is 1.51. The van der Waals surface area contributed by atoms with Crippen molar-refractivity contribution in [3.8, 4) is 0 Å². The highest BCUT2D eigenvalue weighted by molar-refractivity contribution is 5.76. The highest BCUT2D eigenvalue weighted by Gasteiger charge is 2.15. The van der Waals surface area contributed by atoms with E-state index >= 15 is 0 Å². The Morgan fingerprint density at radius 3 is 2.60 bits per heavy atom. The molecule has 0 radical (unpaired) electrons. The van der Waals surface area contributed by atoms with Crippen molar-refractivity contribution in [2.45, 2.75) is 32.7 Å². The number of rotatable bonds is 8. The Bertz CT molecular complexity index is 172. The first-order chi connectivity index (χ1) is 7.13. The molecule has 0 heterocycles. The molecule has 0 unspecified atom stereocenters. The molecule has 90 valence electrons. The van der Waals surface area contributed by atoms with Gasteiger partial charge in [-0.15, -0.1) is 0 Å². The Hall–Kier alpha value is -0.610. The number of nitrogens with one attached hydrogen (secondary N) is 1. The number of methoxy groups -OCH3 is 1. The van der Waals surface area contributed by atoms with E-state index < -0.39 is 0 Å². The van der Waals surface area contributed by atoms with Crippen molar-refractivity contribution >= 4 is 5.91 Å². The molecule has 15 heavy (non-hydrogen) atoms. The average Bonchev–Trinajstić information content (AvgIpc) is 2.18. The molecule has 0 fully saturated rings. The van der Waals surface area contributed by atoms with E-state index in [0.717, 1.165) is 13.0 Å². The van der Waals surface area contributed by atoms with Crippen molar-refractivity contribution in [2.24, 2.45) is 0 Å². The molecule has 0 atom stereocenters. The third-order valence-corrected chi connectivity index (χ3v) is 2.30. The van der Waals surface area contributed by atoms with Gasteiger partial charge in [0.15, 0.2) is 0 Å². The van der Waals surface area contributed by atoms with E-state index in [-0.39, 0.29) is 11.9 Å². The number of hydrogen-bond donors (Lipinski definition) is 1. The lowest BCUT2D eigenvalue weighted by atomic mass is 10.2. The van der Waals surface area contributed by atoms with Gasteiger partial charge >= 0.3 is 0 Å². The minimum atomic E-state index is 0.220. The molecule has 0 aliphatic rings. The minimum absolute atomic E-state index is 0.220. The molecule has 4 nitrogen and oxygen atoms in total. The minimum Gasteiger partial charge on any atom is -0.383 e. The van der Waals surface area contributed by atoms with Gasteiger partial charge in [0.05, 0.1) is 6.61 Å². The lowest BCUT2D eigenvalue weighted by molar-refractivity contribution is -0.133. The second kappa shape index (κ2) is 8.68. The smallest absolute Gasteiger partial charge is 0.222 e. The van der Waals surface area contributed by atoms with Crippen LogP contribution in [-0.4, -0.2) is 50.7 Å². The van der Waals surface area contributed by atoms with Crippen LogP contribution in [0.4, 0.5) is 0 Å². The van der Waals surface area contributed by atoms with E-state index in [1.807, 2.05) is 25.8 Å². The number of carbonyl (C=O) groups is 1. The molecule has 0 aromatic carbocycles. The lowest BCUT2D eigenvalue weighted by Gasteiger charge is -2.26. The van der Waals surface area contributed by atoms with E-state index in [1.165, 1.54) is 0 Å². The van der Waals surface area contributed by atoms with Crippen LogP contribution in [-0.2, 0) is 9.53 Å².